The fraction of sp³-hybridized carbons (Fsp3) is 0.600. The number of urea groups is 1. The number of hydrogen-bond donors (Lipinski definition) is 0. The normalized spacial score (nSPS) is 30.3. The number of carbonyl (C=O) groups is 2. The van der Waals surface area contributed by atoms with Crippen molar-refractivity contribution in [1.82, 2.24) is 6.23 Å². The highest BCUT2D eigenvalue weighted by Gasteiger charge is 2.52. The van der Waals surface area contributed by atoms with Gasteiger partial charge in [0.15, 0.2) is 0 Å². The van der Waals surface area contributed by atoms with Crippen molar-refractivity contribution in [2.24, 2.45) is 0 Å². The first-order chi connectivity index (χ1) is 5.45. The van der Waals surface area contributed by atoms with Crippen molar-refractivity contribution < 1.29 is 9.59 Å². The lowest BCUT2D eigenvalue weighted by Gasteiger charge is -2.22. The minimum Gasteiger partial charge on any atom is -0.271 e. The lowest BCUT2D eigenvalue weighted by Crippen LogP contribution is -2.43. The van der Waals surface area contributed by atoms with Crippen LogP contribution in [0.25, 0.3) is 0 Å². The Labute approximate surface area is 103 Å². The van der Waals surface area contributed by atoms with Crippen molar-refractivity contribution in [1.29, 1.82) is 0 Å². The summed E-state index contributed by atoms with van der Waals surface area (Å²) < 4.78 is 2.37. The van der Waals surface area contributed by atoms with Crippen LogP contribution in [0.5, 0.6) is 0 Å². The number of halogens is 3. The Morgan fingerprint density at radius 2 is 2.00 bits per heavy atom. The van der Waals surface area contributed by atoms with Crippen LogP contribution >= 0.6 is 57.3 Å². The van der Waals surface area contributed by atoms with E-state index in [1.54, 1.807) is 52.7 Å². The molecule has 1 heterocycles. The highest BCUT2D eigenvalue weighted by molar-refractivity contribution is 14.1. The molecule has 1 saturated heterocycles. The van der Waals surface area contributed by atoms with Crippen LogP contribution < -0.4 is 0 Å². The number of rotatable bonds is 1. The molecule has 0 aromatic rings. The molecule has 3 amide bonds. The van der Waals surface area contributed by atoms with E-state index in [-0.39, 0.29) is 17.8 Å². The van der Waals surface area contributed by atoms with Gasteiger partial charge in [0.05, 0.1) is 51.6 Å². The van der Waals surface area contributed by atoms with E-state index in [9.17, 15) is 9.59 Å². The number of carbonyl (C=O) groups excluding carboxylic acids is 2. The average Bonchev–Trinajstić information content (AvgIpc) is 2.22. The molecule has 1 aliphatic heterocycles. The first-order valence-corrected chi connectivity index (χ1v) is 5.48. The Hall–Kier alpha value is 0.690. The van der Waals surface area contributed by atoms with Crippen LogP contribution in [0.1, 0.15) is 6.92 Å². The van der Waals surface area contributed by atoms with Gasteiger partial charge >= 0.3 is 6.03 Å². The minimum atomic E-state index is -0.889. The van der Waals surface area contributed by atoms with E-state index in [0.29, 0.717) is 0 Å². The third-order valence-electron chi connectivity index (χ3n) is 1.67. The van der Waals surface area contributed by atoms with Gasteiger partial charge in [-0.15, -0.1) is 11.6 Å². The monoisotopic (exact) mass is 414 g/mol. The Morgan fingerprint density at radius 3 is 2.17 bits per heavy atom. The standard InChI is InChI=1S/C5H5ClI2N2O2/c1-5(2-6)3(11)9(7)4(12)10(5)8/h2H2,1H3. The molecule has 0 aromatic heterocycles. The summed E-state index contributed by atoms with van der Waals surface area (Å²) in [7, 11) is 0. The summed E-state index contributed by atoms with van der Waals surface area (Å²) in [4.78, 5) is 22.7. The molecule has 0 aliphatic carbocycles. The summed E-state index contributed by atoms with van der Waals surface area (Å²) in [6.07, 6.45) is 0. The number of nitrogens with zero attached hydrogens (tertiary/aromatic N) is 2. The van der Waals surface area contributed by atoms with Gasteiger partial charge in [-0.1, -0.05) is 0 Å². The summed E-state index contributed by atoms with van der Waals surface area (Å²) in [5.74, 6) is -0.155. The zero-order chi connectivity index (χ0) is 9.52. The molecule has 1 rings (SSSR count). The first-order valence-electron chi connectivity index (χ1n) is 3.01. The molecule has 0 spiro atoms. The molecule has 7 heteroatoms. The zero-order valence-corrected chi connectivity index (χ0v) is 11.1. The fourth-order valence-corrected chi connectivity index (χ4v) is 2.96. The number of hydrogen-bond acceptors (Lipinski definition) is 2. The maximum Gasteiger partial charge on any atom is 0.345 e. The van der Waals surface area contributed by atoms with Gasteiger partial charge in [-0.3, -0.25) is 4.79 Å². The Morgan fingerprint density at radius 1 is 1.50 bits per heavy atom. The molecule has 4 nitrogen and oxygen atoms in total. The SMILES string of the molecule is CC1(CCl)C(=O)N(I)C(=O)N1I. The topological polar surface area (TPSA) is 40.6 Å². The van der Waals surface area contributed by atoms with Crippen LogP contribution in [-0.4, -0.2) is 29.6 Å². The number of amides is 3. The van der Waals surface area contributed by atoms with Gasteiger partial charge < -0.3 is 0 Å². The van der Waals surface area contributed by atoms with E-state index in [4.69, 9.17) is 11.6 Å². The minimum absolute atomic E-state index is 0.111. The molecule has 1 fully saturated rings. The van der Waals surface area contributed by atoms with Crippen LogP contribution in [0.2, 0.25) is 0 Å². The number of imide groups is 1. The average molecular weight is 414 g/mol. The van der Waals surface area contributed by atoms with Crippen molar-refractivity contribution in [3.05, 3.63) is 0 Å². The summed E-state index contributed by atoms with van der Waals surface area (Å²) in [6, 6.07) is -0.329. The Balaban J connectivity index is 3.06. The lowest BCUT2D eigenvalue weighted by molar-refractivity contribution is -0.126. The second-order valence-corrected chi connectivity index (χ2v) is 4.75. The fourth-order valence-electron chi connectivity index (χ4n) is 0.780. The second-order valence-electron chi connectivity index (χ2n) is 2.56. The highest BCUT2D eigenvalue weighted by Crippen LogP contribution is 2.34. The molecule has 1 atom stereocenters. The van der Waals surface area contributed by atoms with Gasteiger partial charge in [0.25, 0.3) is 5.91 Å². The molecule has 0 bridgehead atoms. The predicted molar refractivity (Wildman–Crippen MR) is 61.2 cm³/mol. The van der Waals surface area contributed by atoms with Gasteiger partial charge in [-0.2, -0.15) is 3.11 Å². The third-order valence-corrected chi connectivity index (χ3v) is 4.52. The van der Waals surface area contributed by atoms with Gasteiger partial charge in [-0.25, -0.2) is 7.91 Å². The summed E-state index contributed by atoms with van der Waals surface area (Å²) in [6.45, 7) is 1.64. The highest BCUT2D eigenvalue weighted by atomic mass is 127. The van der Waals surface area contributed by atoms with E-state index in [0.717, 1.165) is 3.11 Å². The van der Waals surface area contributed by atoms with Gasteiger partial charge in [0.2, 0.25) is 0 Å². The first kappa shape index (κ1) is 10.8. The quantitative estimate of drug-likeness (QED) is 0.285. The molecule has 1 unspecified atom stereocenters. The van der Waals surface area contributed by atoms with Crippen LogP contribution in [-0.2, 0) is 4.79 Å². The molecule has 0 radical (unpaired) electrons. The molecule has 0 aromatic carbocycles. The van der Waals surface area contributed by atoms with Crippen LogP contribution in [0, 0.1) is 0 Å². The molecular formula is C5H5ClI2N2O2. The maximum atomic E-state index is 11.4. The summed E-state index contributed by atoms with van der Waals surface area (Å²) in [5.41, 5.74) is -0.889. The smallest absolute Gasteiger partial charge is 0.271 e. The maximum absolute atomic E-state index is 11.4. The molecular weight excluding hydrogens is 409 g/mol. The van der Waals surface area contributed by atoms with Crippen molar-refractivity contribution >= 4 is 69.3 Å². The van der Waals surface area contributed by atoms with Gasteiger partial charge in [0, 0.05) is 0 Å². The predicted octanol–water partition coefficient (Wildman–Crippen LogP) is 1.95. The van der Waals surface area contributed by atoms with Crippen molar-refractivity contribution in [2.75, 3.05) is 5.88 Å². The molecule has 1 aliphatic rings. The van der Waals surface area contributed by atoms with E-state index < -0.39 is 5.54 Å². The van der Waals surface area contributed by atoms with E-state index in [1.807, 2.05) is 0 Å². The third kappa shape index (κ3) is 1.31. The molecule has 0 N–H and O–H groups in total. The van der Waals surface area contributed by atoms with Crippen LogP contribution in [0.3, 0.4) is 0 Å². The second kappa shape index (κ2) is 3.45. The van der Waals surface area contributed by atoms with Gasteiger partial charge in [-0.05, 0) is 6.92 Å². The Bertz CT molecular complexity index is 250. The molecule has 12 heavy (non-hydrogen) atoms. The van der Waals surface area contributed by atoms with Crippen LogP contribution in [0.4, 0.5) is 4.79 Å². The molecule has 0 saturated carbocycles. The van der Waals surface area contributed by atoms with Crippen molar-refractivity contribution in [3.63, 3.8) is 0 Å². The zero-order valence-electron chi connectivity index (χ0n) is 6.05. The van der Waals surface area contributed by atoms with E-state index in [2.05, 4.69) is 0 Å². The van der Waals surface area contributed by atoms with Crippen LogP contribution in [0.15, 0.2) is 0 Å². The van der Waals surface area contributed by atoms with Gasteiger partial charge in [0.1, 0.15) is 5.54 Å². The molecule has 68 valence electrons. The number of alkyl halides is 1. The lowest BCUT2D eigenvalue weighted by atomic mass is 10.1. The van der Waals surface area contributed by atoms with E-state index in [1.165, 1.54) is 3.11 Å². The largest absolute Gasteiger partial charge is 0.345 e. The van der Waals surface area contributed by atoms with E-state index >= 15 is 0 Å². The van der Waals surface area contributed by atoms with Crippen molar-refractivity contribution in [3.8, 4) is 0 Å². The summed E-state index contributed by atoms with van der Waals surface area (Å²) >= 11 is 9.10. The summed E-state index contributed by atoms with van der Waals surface area (Å²) in [5, 5.41) is 0. The van der Waals surface area contributed by atoms with Crippen molar-refractivity contribution in [2.45, 2.75) is 12.5 Å². The Kier molecular flexibility index (Phi) is 3.09.